The molecule has 0 amide bonds. The summed E-state index contributed by atoms with van der Waals surface area (Å²) < 4.78 is 16.6. The Morgan fingerprint density at radius 2 is 1.82 bits per heavy atom. The molecule has 1 unspecified atom stereocenters. The topological polar surface area (TPSA) is 27.7 Å². The van der Waals surface area contributed by atoms with E-state index in [4.69, 9.17) is 13.9 Å². The van der Waals surface area contributed by atoms with Gasteiger partial charge in [0.05, 0.1) is 25.9 Å². The lowest BCUT2D eigenvalue weighted by Gasteiger charge is -2.36. The van der Waals surface area contributed by atoms with Gasteiger partial charge >= 0.3 is 0 Å². The van der Waals surface area contributed by atoms with E-state index in [0.29, 0.717) is 19.8 Å². The van der Waals surface area contributed by atoms with Gasteiger partial charge in [0.15, 0.2) is 8.32 Å². The van der Waals surface area contributed by atoms with Crippen molar-refractivity contribution in [3.63, 3.8) is 0 Å². The van der Waals surface area contributed by atoms with E-state index < -0.39 is 8.32 Å². The summed E-state index contributed by atoms with van der Waals surface area (Å²) in [6.45, 7) is 16.7. The molecule has 0 aliphatic rings. The summed E-state index contributed by atoms with van der Waals surface area (Å²) in [6.07, 6.45) is 1.72. The third-order valence-corrected chi connectivity index (χ3v) is 7.88. The molecule has 4 heteroatoms. The van der Waals surface area contributed by atoms with Crippen LogP contribution in [0.1, 0.15) is 20.8 Å². The molecule has 0 aromatic heterocycles. The number of rotatable bonds is 8. The van der Waals surface area contributed by atoms with Crippen LogP contribution in [0.3, 0.4) is 0 Å². The third kappa shape index (κ3) is 6.36. The van der Waals surface area contributed by atoms with Crippen LogP contribution in [-0.4, -0.2) is 41.4 Å². The summed E-state index contributed by atoms with van der Waals surface area (Å²) in [7, 11) is 0.0245. The van der Waals surface area contributed by atoms with Gasteiger partial charge in [0.2, 0.25) is 0 Å². The molecule has 3 nitrogen and oxygen atoms in total. The molecule has 0 spiro atoms. The van der Waals surface area contributed by atoms with E-state index in [1.54, 1.807) is 13.2 Å². The van der Waals surface area contributed by atoms with Crippen LogP contribution in [-0.2, 0) is 13.9 Å². The van der Waals surface area contributed by atoms with Crippen LogP contribution in [0.25, 0.3) is 0 Å². The first kappa shape index (κ1) is 16.8. The summed E-state index contributed by atoms with van der Waals surface area (Å²) >= 11 is 0. The maximum absolute atomic E-state index is 5.99. The standard InChI is InChI=1S/C13H28O3Si/c1-8-12(14-5)11-15-9-10-16-17(6,7)13(2,3)4/h8,12H,1,9-11H2,2-7H3. The minimum atomic E-state index is -1.63. The van der Waals surface area contributed by atoms with E-state index >= 15 is 0 Å². The van der Waals surface area contributed by atoms with E-state index in [1.165, 1.54) is 0 Å². The molecular weight excluding hydrogens is 232 g/mol. The number of methoxy groups -OCH3 is 1. The van der Waals surface area contributed by atoms with E-state index in [-0.39, 0.29) is 11.1 Å². The van der Waals surface area contributed by atoms with Gasteiger partial charge in [0.25, 0.3) is 0 Å². The van der Waals surface area contributed by atoms with Gasteiger partial charge < -0.3 is 13.9 Å². The highest BCUT2D eigenvalue weighted by Gasteiger charge is 2.36. The van der Waals surface area contributed by atoms with E-state index in [0.717, 1.165) is 0 Å². The summed E-state index contributed by atoms with van der Waals surface area (Å²) in [5.74, 6) is 0. The average molecular weight is 260 g/mol. The molecule has 1 atom stereocenters. The molecule has 0 saturated heterocycles. The number of hydrogen-bond donors (Lipinski definition) is 0. The highest BCUT2D eigenvalue weighted by molar-refractivity contribution is 6.74. The van der Waals surface area contributed by atoms with Gasteiger partial charge in [-0.3, -0.25) is 0 Å². The zero-order chi connectivity index (χ0) is 13.5. The molecule has 0 aromatic rings. The molecule has 0 bridgehead atoms. The Morgan fingerprint density at radius 1 is 1.24 bits per heavy atom. The molecule has 17 heavy (non-hydrogen) atoms. The van der Waals surface area contributed by atoms with Crippen molar-refractivity contribution in [3.8, 4) is 0 Å². The first-order chi connectivity index (χ1) is 7.74. The van der Waals surface area contributed by atoms with Gasteiger partial charge in [0, 0.05) is 7.11 Å². The van der Waals surface area contributed by atoms with Gasteiger partial charge in [-0.15, -0.1) is 6.58 Å². The van der Waals surface area contributed by atoms with Crippen LogP contribution in [0.5, 0.6) is 0 Å². The van der Waals surface area contributed by atoms with Crippen molar-refractivity contribution in [1.82, 2.24) is 0 Å². The zero-order valence-electron chi connectivity index (χ0n) is 12.2. The van der Waals surface area contributed by atoms with Gasteiger partial charge in [-0.05, 0) is 18.1 Å². The zero-order valence-corrected chi connectivity index (χ0v) is 13.2. The summed E-state index contributed by atoms with van der Waals surface area (Å²) in [4.78, 5) is 0. The second kappa shape index (κ2) is 7.31. The van der Waals surface area contributed by atoms with Crippen LogP contribution in [0.15, 0.2) is 12.7 Å². The van der Waals surface area contributed by atoms with Crippen molar-refractivity contribution in [2.45, 2.75) is 45.0 Å². The van der Waals surface area contributed by atoms with Crippen LogP contribution >= 0.6 is 0 Å². The Kier molecular flexibility index (Phi) is 7.24. The molecule has 0 aliphatic carbocycles. The monoisotopic (exact) mass is 260 g/mol. The Morgan fingerprint density at radius 3 is 2.24 bits per heavy atom. The molecule has 102 valence electrons. The van der Waals surface area contributed by atoms with Gasteiger partial charge in [0.1, 0.15) is 0 Å². The Labute approximate surface area is 107 Å². The average Bonchev–Trinajstić information content (AvgIpc) is 2.21. The van der Waals surface area contributed by atoms with Crippen molar-refractivity contribution < 1.29 is 13.9 Å². The van der Waals surface area contributed by atoms with E-state index in [2.05, 4.69) is 40.4 Å². The molecule has 0 aromatic carbocycles. The molecule has 0 aliphatic heterocycles. The second-order valence-corrected chi connectivity index (χ2v) is 10.5. The van der Waals surface area contributed by atoms with Crippen LogP contribution in [0, 0.1) is 0 Å². The lowest BCUT2D eigenvalue weighted by Crippen LogP contribution is -2.41. The molecule has 0 fully saturated rings. The number of ether oxygens (including phenoxy) is 2. The van der Waals surface area contributed by atoms with Crippen LogP contribution in [0.2, 0.25) is 18.1 Å². The summed E-state index contributed by atoms with van der Waals surface area (Å²) in [5, 5.41) is 0.253. The number of hydrogen-bond acceptors (Lipinski definition) is 3. The molecule has 0 N–H and O–H groups in total. The first-order valence-electron chi connectivity index (χ1n) is 6.11. The Balaban J connectivity index is 3.75. The van der Waals surface area contributed by atoms with Crippen molar-refractivity contribution >= 4 is 8.32 Å². The largest absolute Gasteiger partial charge is 0.414 e. The van der Waals surface area contributed by atoms with Crippen molar-refractivity contribution in [1.29, 1.82) is 0 Å². The van der Waals surface area contributed by atoms with Gasteiger partial charge in [-0.2, -0.15) is 0 Å². The van der Waals surface area contributed by atoms with Crippen LogP contribution < -0.4 is 0 Å². The first-order valence-corrected chi connectivity index (χ1v) is 9.02. The third-order valence-electron chi connectivity index (χ3n) is 3.34. The van der Waals surface area contributed by atoms with Gasteiger partial charge in [-0.1, -0.05) is 26.8 Å². The SMILES string of the molecule is C=CC(COCCO[Si](C)(C)C(C)(C)C)OC. The molecule has 0 rings (SSSR count). The fourth-order valence-electron chi connectivity index (χ4n) is 1.00. The minimum Gasteiger partial charge on any atom is -0.414 e. The molecule has 0 heterocycles. The van der Waals surface area contributed by atoms with Crippen LogP contribution in [0.4, 0.5) is 0 Å². The normalized spacial score (nSPS) is 14.7. The highest BCUT2D eigenvalue weighted by atomic mass is 28.4. The Bertz CT molecular complexity index is 221. The maximum atomic E-state index is 5.99. The fourth-order valence-corrected chi connectivity index (χ4v) is 2.03. The van der Waals surface area contributed by atoms with Gasteiger partial charge in [-0.25, -0.2) is 0 Å². The lowest BCUT2D eigenvalue weighted by atomic mass is 10.2. The molecular formula is C13H28O3Si. The summed E-state index contributed by atoms with van der Waals surface area (Å²) in [6, 6.07) is 0. The van der Waals surface area contributed by atoms with Crippen molar-refractivity contribution in [3.05, 3.63) is 12.7 Å². The lowest BCUT2D eigenvalue weighted by molar-refractivity contribution is 0.0211. The highest BCUT2D eigenvalue weighted by Crippen LogP contribution is 2.36. The summed E-state index contributed by atoms with van der Waals surface area (Å²) in [5.41, 5.74) is 0. The van der Waals surface area contributed by atoms with E-state index in [1.807, 2.05) is 0 Å². The fraction of sp³-hybridized carbons (Fsp3) is 0.846. The second-order valence-electron chi connectivity index (χ2n) is 5.69. The van der Waals surface area contributed by atoms with E-state index in [9.17, 15) is 0 Å². The molecule has 0 saturated carbocycles. The molecule has 0 radical (unpaired) electrons. The Hall–Kier alpha value is -0.163. The quantitative estimate of drug-likeness (QED) is 0.381. The maximum Gasteiger partial charge on any atom is 0.192 e. The minimum absolute atomic E-state index is 0.0251. The predicted molar refractivity (Wildman–Crippen MR) is 75.0 cm³/mol. The predicted octanol–water partition coefficient (Wildman–Crippen LogP) is 3.23. The smallest absolute Gasteiger partial charge is 0.192 e. The van der Waals surface area contributed by atoms with Crippen molar-refractivity contribution in [2.24, 2.45) is 0 Å². The van der Waals surface area contributed by atoms with Crippen molar-refractivity contribution in [2.75, 3.05) is 26.9 Å².